The molecule has 0 radical (unpaired) electrons. The van der Waals surface area contributed by atoms with Gasteiger partial charge in [0.2, 0.25) is 5.88 Å². The van der Waals surface area contributed by atoms with Crippen molar-refractivity contribution < 1.29 is 19.8 Å². The molecule has 1 heterocycles. The van der Waals surface area contributed by atoms with E-state index in [1.165, 1.54) is 0 Å². The average Bonchev–Trinajstić information content (AvgIpc) is 2.56. The van der Waals surface area contributed by atoms with Gasteiger partial charge in [0.1, 0.15) is 6.54 Å². The molecule has 2 aliphatic rings. The van der Waals surface area contributed by atoms with Crippen molar-refractivity contribution in [1.82, 2.24) is 14.5 Å². The highest BCUT2D eigenvalue weighted by Crippen LogP contribution is 2.34. The van der Waals surface area contributed by atoms with E-state index in [0.29, 0.717) is 25.7 Å². The Kier molecular flexibility index (Phi) is 5.15. The minimum Gasteiger partial charge on any atom is -0.494 e. The number of aromatic hydroxyl groups is 1. The summed E-state index contributed by atoms with van der Waals surface area (Å²) in [5.74, 6) is -2.91. The number of amides is 1. The average molecular weight is 365 g/mol. The second kappa shape index (κ2) is 7.35. The van der Waals surface area contributed by atoms with Crippen molar-refractivity contribution in [2.45, 2.75) is 63.5 Å². The SMILES string of the molecule is O=C(O)CNC(=O)c1c(O)n(C2CCC2)c(=O)n(C2CCCCC2)c1=O. The first-order chi connectivity index (χ1) is 12.4. The Labute approximate surface area is 149 Å². The summed E-state index contributed by atoms with van der Waals surface area (Å²) in [5, 5.41) is 21.3. The fourth-order valence-electron chi connectivity index (χ4n) is 3.71. The number of aliphatic carboxylic acids is 1. The van der Waals surface area contributed by atoms with E-state index in [1.807, 2.05) is 0 Å². The van der Waals surface area contributed by atoms with Gasteiger partial charge in [0.15, 0.2) is 5.56 Å². The van der Waals surface area contributed by atoms with Crippen LogP contribution in [0.3, 0.4) is 0 Å². The first-order valence-electron chi connectivity index (χ1n) is 9.01. The van der Waals surface area contributed by atoms with Gasteiger partial charge < -0.3 is 15.5 Å². The van der Waals surface area contributed by atoms with E-state index in [2.05, 4.69) is 5.32 Å². The molecule has 1 aromatic heterocycles. The van der Waals surface area contributed by atoms with E-state index in [0.717, 1.165) is 34.8 Å². The van der Waals surface area contributed by atoms with Crippen molar-refractivity contribution in [3.05, 3.63) is 26.4 Å². The van der Waals surface area contributed by atoms with E-state index in [9.17, 15) is 24.3 Å². The molecule has 3 rings (SSSR count). The molecule has 3 N–H and O–H groups in total. The van der Waals surface area contributed by atoms with E-state index >= 15 is 0 Å². The van der Waals surface area contributed by atoms with Gasteiger partial charge in [-0.2, -0.15) is 0 Å². The van der Waals surface area contributed by atoms with Crippen LogP contribution in [-0.2, 0) is 4.79 Å². The second-order valence-corrected chi connectivity index (χ2v) is 6.98. The van der Waals surface area contributed by atoms with Gasteiger partial charge in [-0.1, -0.05) is 19.3 Å². The van der Waals surface area contributed by atoms with Gasteiger partial charge >= 0.3 is 11.7 Å². The Hall–Kier alpha value is -2.58. The molecule has 0 saturated heterocycles. The number of rotatable bonds is 5. The van der Waals surface area contributed by atoms with Crippen molar-refractivity contribution in [1.29, 1.82) is 0 Å². The molecule has 26 heavy (non-hydrogen) atoms. The topological polar surface area (TPSA) is 131 Å². The minimum absolute atomic E-state index is 0.246. The predicted molar refractivity (Wildman–Crippen MR) is 91.6 cm³/mol. The maximum atomic E-state index is 12.9. The van der Waals surface area contributed by atoms with Gasteiger partial charge in [0, 0.05) is 12.1 Å². The number of aromatic nitrogens is 2. The Morgan fingerprint density at radius 2 is 1.54 bits per heavy atom. The summed E-state index contributed by atoms with van der Waals surface area (Å²) in [6.45, 7) is -0.677. The highest BCUT2D eigenvalue weighted by molar-refractivity contribution is 5.97. The third kappa shape index (κ3) is 3.25. The third-order valence-electron chi connectivity index (χ3n) is 5.30. The molecule has 9 nitrogen and oxygen atoms in total. The maximum absolute atomic E-state index is 12.9. The van der Waals surface area contributed by atoms with Crippen molar-refractivity contribution in [2.75, 3.05) is 6.54 Å². The summed E-state index contributed by atoms with van der Waals surface area (Å²) in [6, 6.07) is -0.550. The third-order valence-corrected chi connectivity index (χ3v) is 5.30. The van der Waals surface area contributed by atoms with Crippen LogP contribution in [0.4, 0.5) is 0 Å². The Balaban J connectivity index is 2.13. The molecule has 0 spiro atoms. The zero-order valence-electron chi connectivity index (χ0n) is 14.4. The van der Waals surface area contributed by atoms with E-state index in [1.54, 1.807) is 0 Å². The predicted octanol–water partition coefficient (Wildman–Crippen LogP) is 0.760. The standard InChI is InChI=1S/C17H23N3O6/c21-12(22)9-18-14(23)13-15(24)19(10-5-2-1-3-6-10)17(26)20(16(13)25)11-7-4-8-11/h10-11,25H,1-9H2,(H,18,23)(H,21,22). The fraction of sp³-hybridized carbons (Fsp3) is 0.647. The normalized spacial score (nSPS) is 18.3. The summed E-state index contributed by atoms with van der Waals surface area (Å²) < 4.78 is 2.22. The van der Waals surface area contributed by atoms with Gasteiger partial charge in [-0.05, 0) is 32.1 Å². The summed E-state index contributed by atoms with van der Waals surface area (Å²) in [4.78, 5) is 48.8. The minimum atomic E-state index is -1.27. The number of hydrogen-bond acceptors (Lipinski definition) is 5. The summed E-state index contributed by atoms with van der Waals surface area (Å²) in [6.07, 6.45) is 6.43. The van der Waals surface area contributed by atoms with Crippen LogP contribution in [-0.4, -0.2) is 37.8 Å². The largest absolute Gasteiger partial charge is 0.494 e. The highest BCUT2D eigenvalue weighted by atomic mass is 16.4. The van der Waals surface area contributed by atoms with Crippen LogP contribution >= 0.6 is 0 Å². The lowest BCUT2D eigenvalue weighted by molar-refractivity contribution is -0.135. The van der Waals surface area contributed by atoms with Crippen molar-refractivity contribution in [3.8, 4) is 5.88 Å². The Bertz CT molecular complexity index is 830. The van der Waals surface area contributed by atoms with E-state index < -0.39 is 41.1 Å². The van der Waals surface area contributed by atoms with Crippen LogP contribution in [0.25, 0.3) is 0 Å². The molecule has 1 amide bonds. The molecule has 2 saturated carbocycles. The Morgan fingerprint density at radius 3 is 2.08 bits per heavy atom. The molecule has 2 fully saturated rings. The monoisotopic (exact) mass is 365 g/mol. The smallest absolute Gasteiger partial charge is 0.334 e. The van der Waals surface area contributed by atoms with Crippen LogP contribution in [0.5, 0.6) is 5.88 Å². The fourth-order valence-corrected chi connectivity index (χ4v) is 3.71. The lowest BCUT2D eigenvalue weighted by atomic mass is 9.92. The van der Waals surface area contributed by atoms with Crippen molar-refractivity contribution >= 4 is 11.9 Å². The zero-order chi connectivity index (χ0) is 18.8. The van der Waals surface area contributed by atoms with Crippen molar-refractivity contribution in [2.24, 2.45) is 0 Å². The van der Waals surface area contributed by atoms with E-state index in [-0.39, 0.29) is 12.1 Å². The number of carboxylic acid groups (broad SMARTS) is 1. The lowest BCUT2D eigenvalue weighted by Gasteiger charge is -2.31. The van der Waals surface area contributed by atoms with E-state index in [4.69, 9.17) is 5.11 Å². The first-order valence-corrected chi connectivity index (χ1v) is 9.01. The van der Waals surface area contributed by atoms with Crippen LogP contribution < -0.4 is 16.6 Å². The molecule has 2 aliphatic carbocycles. The molecular weight excluding hydrogens is 342 g/mol. The molecule has 142 valence electrons. The van der Waals surface area contributed by atoms with Crippen LogP contribution in [0.1, 0.15) is 73.8 Å². The second-order valence-electron chi connectivity index (χ2n) is 6.98. The number of carbonyl (C=O) groups is 2. The van der Waals surface area contributed by atoms with Gasteiger partial charge in [-0.3, -0.25) is 23.5 Å². The van der Waals surface area contributed by atoms with Gasteiger partial charge in [0.25, 0.3) is 11.5 Å². The van der Waals surface area contributed by atoms with Crippen LogP contribution in [0.15, 0.2) is 9.59 Å². The Morgan fingerprint density at radius 1 is 0.962 bits per heavy atom. The molecule has 0 atom stereocenters. The highest BCUT2D eigenvalue weighted by Gasteiger charge is 2.32. The molecule has 0 unspecified atom stereocenters. The molecule has 0 aliphatic heterocycles. The molecule has 1 aromatic rings. The van der Waals surface area contributed by atoms with Gasteiger partial charge in [0.05, 0.1) is 0 Å². The van der Waals surface area contributed by atoms with Gasteiger partial charge in [-0.25, -0.2) is 4.79 Å². The van der Waals surface area contributed by atoms with Gasteiger partial charge in [-0.15, -0.1) is 0 Å². The van der Waals surface area contributed by atoms with Crippen LogP contribution in [0, 0.1) is 0 Å². The first kappa shape index (κ1) is 18.2. The quantitative estimate of drug-likeness (QED) is 0.706. The van der Waals surface area contributed by atoms with Crippen molar-refractivity contribution in [3.63, 3.8) is 0 Å². The summed E-state index contributed by atoms with van der Waals surface area (Å²) in [7, 11) is 0. The molecule has 0 bridgehead atoms. The number of carboxylic acids is 1. The van der Waals surface area contributed by atoms with Crippen LogP contribution in [0.2, 0.25) is 0 Å². The number of nitrogens with one attached hydrogen (secondary N) is 1. The summed E-state index contributed by atoms with van der Waals surface area (Å²) >= 11 is 0. The molecule has 0 aromatic carbocycles. The zero-order valence-corrected chi connectivity index (χ0v) is 14.4. The lowest BCUT2D eigenvalue weighted by Crippen LogP contribution is -2.48. The number of nitrogens with zero attached hydrogens (tertiary/aromatic N) is 2. The maximum Gasteiger partial charge on any atom is 0.334 e. The number of hydrogen-bond donors (Lipinski definition) is 3. The molecule has 9 heteroatoms. The molecular formula is C17H23N3O6. The summed E-state index contributed by atoms with van der Waals surface area (Å²) in [5.41, 5.74) is -1.99. The number of carbonyl (C=O) groups excluding carboxylic acids is 1.